The van der Waals surface area contributed by atoms with Gasteiger partial charge in [0.1, 0.15) is 11.4 Å². The van der Waals surface area contributed by atoms with E-state index in [4.69, 9.17) is 4.74 Å². The number of aryl methyl sites for hydroxylation is 3. The first-order chi connectivity index (χ1) is 10.8. The van der Waals surface area contributed by atoms with Gasteiger partial charge in [0.25, 0.3) is 5.91 Å². The Morgan fingerprint density at radius 3 is 2.61 bits per heavy atom. The Morgan fingerprint density at radius 1 is 1.30 bits per heavy atom. The lowest BCUT2D eigenvalue weighted by atomic mass is 10.2. The van der Waals surface area contributed by atoms with Gasteiger partial charge in [-0.2, -0.15) is 5.10 Å². The Hall–Kier alpha value is -2.70. The van der Waals surface area contributed by atoms with Crippen LogP contribution in [0.5, 0.6) is 0 Å². The molecule has 0 spiro atoms. The van der Waals surface area contributed by atoms with Crippen LogP contribution < -0.4 is 5.32 Å². The summed E-state index contributed by atoms with van der Waals surface area (Å²) < 4.78 is 19.8. The molecule has 1 heterocycles. The molecule has 7 heteroatoms. The molecule has 0 aliphatic rings. The standard InChI is InChI=1S/C16H18FN3O3/c1-9-5-6-12(17)7-13(9)18-14(21)8-23-16(22)15-10(2)19-20(4)11(15)3/h5-7H,8H2,1-4H3,(H,18,21). The van der Waals surface area contributed by atoms with E-state index in [1.165, 1.54) is 12.1 Å². The van der Waals surface area contributed by atoms with Gasteiger partial charge >= 0.3 is 5.97 Å². The highest BCUT2D eigenvalue weighted by atomic mass is 19.1. The van der Waals surface area contributed by atoms with Crippen molar-refractivity contribution < 1.29 is 18.7 Å². The molecule has 1 N–H and O–H groups in total. The van der Waals surface area contributed by atoms with Crippen molar-refractivity contribution in [3.63, 3.8) is 0 Å². The van der Waals surface area contributed by atoms with Crippen molar-refractivity contribution in [3.8, 4) is 0 Å². The van der Waals surface area contributed by atoms with Gasteiger partial charge in [-0.3, -0.25) is 9.48 Å². The van der Waals surface area contributed by atoms with Gasteiger partial charge in [-0.1, -0.05) is 6.07 Å². The fraction of sp³-hybridized carbons (Fsp3) is 0.312. The number of benzene rings is 1. The van der Waals surface area contributed by atoms with Crippen molar-refractivity contribution in [2.45, 2.75) is 20.8 Å². The van der Waals surface area contributed by atoms with E-state index in [1.54, 1.807) is 38.6 Å². The third kappa shape index (κ3) is 3.74. The molecule has 1 aromatic carbocycles. The second-order valence-corrected chi connectivity index (χ2v) is 5.25. The van der Waals surface area contributed by atoms with Crippen LogP contribution in [0.15, 0.2) is 18.2 Å². The lowest BCUT2D eigenvalue weighted by Gasteiger charge is -2.09. The monoisotopic (exact) mass is 319 g/mol. The number of carbonyl (C=O) groups is 2. The van der Waals surface area contributed by atoms with Crippen molar-refractivity contribution in [2.24, 2.45) is 7.05 Å². The predicted octanol–water partition coefficient (Wildman–Crippen LogP) is 2.28. The van der Waals surface area contributed by atoms with Crippen molar-refractivity contribution >= 4 is 17.6 Å². The van der Waals surface area contributed by atoms with Crippen molar-refractivity contribution in [1.29, 1.82) is 0 Å². The van der Waals surface area contributed by atoms with E-state index >= 15 is 0 Å². The zero-order valence-electron chi connectivity index (χ0n) is 13.4. The van der Waals surface area contributed by atoms with Crippen LogP contribution in [0.25, 0.3) is 0 Å². The van der Waals surface area contributed by atoms with Gasteiger partial charge in [0, 0.05) is 18.4 Å². The van der Waals surface area contributed by atoms with E-state index in [-0.39, 0.29) is 0 Å². The normalized spacial score (nSPS) is 10.5. The third-order valence-electron chi connectivity index (χ3n) is 3.52. The van der Waals surface area contributed by atoms with E-state index in [0.29, 0.717) is 28.2 Å². The minimum absolute atomic E-state index is 0.347. The molecule has 2 rings (SSSR count). The average Bonchev–Trinajstić information content (AvgIpc) is 2.73. The van der Waals surface area contributed by atoms with E-state index < -0.39 is 24.3 Å². The van der Waals surface area contributed by atoms with Crippen LogP contribution >= 0.6 is 0 Å². The summed E-state index contributed by atoms with van der Waals surface area (Å²) in [6.07, 6.45) is 0. The number of esters is 1. The van der Waals surface area contributed by atoms with E-state index in [0.717, 1.165) is 0 Å². The maximum atomic E-state index is 13.2. The van der Waals surface area contributed by atoms with Crippen molar-refractivity contribution in [3.05, 3.63) is 46.5 Å². The number of hydrogen-bond acceptors (Lipinski definition) is 4. The highest BCUT2D eigenvalue weighted by Gasteiger charge is 2.19. The summed E-state index contributed by atoms with van der Waals surface area (Å²) in [4.78, 5) is 23.9. The number of nitrogens with one attached hydrogen (secondary N) is 1. The lowest BCUT2D eigenvalue weighted by Crippen LogP contribution is -2.22. The quantitative estimate of drug-likeness (QED) is 0.878. The fourth-order valence-electron chi connectivity index (χ4n) is 2.19. The molecule has 23 heavy (non-hydrogen) atoms. The SMILES string of the molecule is Cc1ccc(F)cc1NC(=O)COC(=O)c1c(C)nn(C)c1C. The summed E-state index contributed by atoms with van der Waals surface area (Å²) in [5.74, 6) is -1.60. The third-order valence-corrected chi connectivity index (χ3v) is 3.52. The number of ether oxygens (including phenoxy) is 1. The number of anilines is 1. The highest BCUT2D eigenvalue weighted by molar-refractivity contribution is 5.96. The van der Waals surface area contributed by atoms with Crippen LogP contribution in [0, 0.1) is 26.6 Å². The van der Waals surface area contributed by atoms with Gasteiger partial charge in [-0.25, -0.2) is 9.18 Å². The maximum absolute atomic E-state index is 13.2. The van der Waals surface area contributed by atoms with Crippen LogP contribution in [0.3, 0.4) is 0 Å². The Labute approximate surface area is 133 Å². The number of nitrogens with zero attached hydrogens (tertiary/aromatic N) is 2. The largest absolute Gasteiger partial charge is 0.452 e. The summed E-state index contributed by atoms with van der Waals surface area (Å²) in [5.41, 5.74) is 2.61. The van der Waals surface area contributed by atoms with Crippen LogP contribution in [0.2, 0.25) is 0 Å². The zero-order chi connectivity index (χ0) is 17.1. The molecular formula is C16H18FN3O3. The molecule has 1 aromatic heterocycles. The lowest BCUT2D eigenvalue weighted by molar-refractivity contribution is -0.119. The second kappa shape index (κ2) is 6.60. The molecule has 0 aliphatic heterocycles. The van der Waals surface area contributed by atoms with Gasteiger partial charge in [0.05, 0.1) is 5.69 Å². The minimum atomic E-state index is -0.612. The Kier molecular flexibility index (Phi) is 4.78. The first-order valence-electron chi connectivity index (χ1n) is 7.03. The first kappa shape index (κ1) is 16.7. The number of carbonyl (C=O) groups excluding carboxylic acids is 2. The van der Waals surface area contributed by atoms with Crippen LogP contribution in [-0.2, 0) is 16.6 Å². The Morgan fingerprint density at radius 2 is 2.00 bits per heavy atom. The minimum Gasteiger partial charge on any atom is -0.452 e. The van der Waals surface area contributed by atoms with Crippen LogP contribution in [0.1, 0.15) is 27.3 Å². The average molecular weight is 319 g/mol. The Balaban J connectivity index is 1.99. The molecule has 2 aromatic rings. The highest BCUT2D eigenvalue weighted by Crippen LogP contribution is 2.16. The van der Waals surface area contributed by atoms with Gasteiger partial charge < -0.3 is 10.1 Å². The molecule has 0 atom stereocenters. The molecule has 0 bridgehead atoms. The van der Waals surface area contributed by atoms with Gasteiger partial charge in [0.15, 0.2) is 6.61 Å². The van der Waals surface area contributed by atoms with E-state index in [9.17, 15) is 14.0 Å². The first-order valence-corrected chi connectivity index (χ1v) is 7.03. The smallest absolute Gasteiger partial charge is 0.342 e. The molecule has 0 saturated carbocycles. The summed E-state index contributed by atoms with van der Waals surface area (Å²) in [6, 6.07) is 4.07. The molecule has 0 fully saturated rings. The number of rotatable bonds is 4. The molecule has 122 valence electrons. The second-order valence-electron chi connectivity index (χ2n) is 5.25. The maximum Gasteiger partial charge on any atom is 0.342 e. The van der Waals surface area contributed by atoms with Crippen LogP contribution in [0.4, 0.5) is 10.1 Å². The van der Waals surface area contributed by atoms with Gasteiger partial charge in [0.2, 0.25) is 0 Å². The topological polar surface area (TPSA) is 73.2 Å². The number of amides is 1. The van der Waals surface area contributed by atoms with Crippen molar-refractivity contribution in [1.82, 2.24) is 9.78 Å². The molecule has 0 unspecified atom stereocenters. The number of hydrogen-bond donors (Lipinski definition) is 1. The molecule has 0 saturated heterocycles. The molecule has 1 amide bonds. The van der Waals surface area contributed by atoms with E-state index in [1.807, 2.05) is 0 Å². The molecular weight excluding hydrogens is 301 g/mol. The summed E-state index contributed by atoms with van der Waals surface area (Å²) >= 11 is 0. The number of aromatic nitrogens is 2. The summed E-state index contributed by atoms with van der Waals surface area (Å²) in [5, 5.41) is 6.64. The summed E-state index contributed by atoms with van der Waals surface area (Å²) in [6.45, 7) is 4.72. The fourth-order valence-corrected chi connectivity index (χ4v) is 2.19. The van der Waals surface area contributed by atoms with Gasteiger partial charge in [-0.15, -0.1) is 0 Å². The molecule has 0 aliphatic carbocycles. The summed E-state index contributed by atoms with van der Waals surface area (Å²) in [7, 11) is 1.72. The number of halogens is 1. The predicted molar refractivity (Wildman–Crippen MR) is 82.7 cm³/mol. The molecule has 0 radical (unpaired) electrons. The van der Waals surface area contributed by atoms with Crippen molar-refractivity contribution in [2.75, 3.05) is 11.9 Å². The molecule has 6 nitrogen and oxygen atoms in total. The Bertz CT molecular complexity index is 768. The van der Waals surface area contributed by atoms with Gasteiger partial charge in [-0.05, 0) is 38.5 Å². The zero-order valence-corrected chi connectivity index (χ0v) is 13.4. The van der Waals surface area contributed by atoms with E-state index in [2.05, 4.69) is 10.4 Å². The van der Waals surface area contributed by atoms with Crippen LogP contribution in [-0.4, -0.2) is 28.3 Å².